The lowest BCUT2D eigenvalue weighted by Crippen LogP contribution is -2.47. The molecular formula is C22H27N3O5S3. The van der Waals surface area contributed by atoms with E-state index >= 15 is 0 Å². The number of rotatable bonds is 8. The Morgan fingerprint density at radius 3 is 2.70 bits per heavy atom. The lowest BCUT2D eigenvalue weighted by molar-refractivity contribution is -0.136. The number of sulfonamides is 1. The molecule has 2 atom stereocenters. The number of anilines is 1. The van der Waals surface area contributed by atoms with Gasteiger partial charge in [-0.15, -0.1) is 23.1 Å². The summed E-state index contributed by atoms with van der Waals surface area (Å²) in [5, 5.41) is 4.81. The Balaban J connectivity index is 1.63. The molecule has 0 radical (unpaired) electrons. The van der Waals surface area contributed by atoms with E-state index in [0.717, 1.165) is 4.88 Å². The maximum atomic E-state index is 13.4. The highest BCUT2D eigenvalue weighted by Crippen LogP contribution is 2.55. The molecule has 0 unspecified atom stereocenters. The van der Waals surface area contributed by atoms with Gasteiger partial charge < -0.3 is 15.0 Å². The van der Waals surface area contributed by atoms with Crippen molar-refractivity contribution in [3.8, 4) is 5.75 Å². The van der Waals surface area contributed by atoms with Crippen molar-refractivity contribution in [2.24, 2.45) is 0 Å². The molecule has 0 aliphatic carbocycles. The molecular weight excluding hydrogens is 482 g/mol. The van der Waals surface area contributed by atoms with Crippen LogP contribution < -0.4 is 10.1 Å². The van der Waals surface area contributed by atoms with Gasteiger partial charge in [-0.3, -0.25) is 9.59 Å². The molecule has 1 N–H and O–H groups in total. The minimum Gasteiger partial charge on any atom is -0.495 e. The Bertz CT molecular complexity index is 1150. The van der Waals surface area contributed by atoms with Gasteiger partial charge in [0.25, 0.3) is 0 Å². The number of methoxy groups -OCH3 is 1. The quantitative estimate of drug-likeness (QED) is 0.587. The van der Waals surface area contributed by atoms with Gasteiger partial charge in [0.2, 0.25) is 21.8 Å². The molecule has 0 bridgehead atoms. The standard InChI is InChI=1S/C22H27N3O5S3/c1-4-24(5-2)33(28,29)15-8-9-18(30-3)16(13-15)23-21(27)17-14-32-22(19-7-6-12-31-19)11-10-20(26)25(17)22/h6-9,12-13,17H,4-5,10-11,14H2,1-3H3,(H,23,27)/t17-,22-/m0/s1. The Labute approximate surface area is 202 Å². The van der Waals surface area contributed by atoms with Crippen LogP contribution in [0.2, 0.25) is 0 Å². The number of carbonyl (C=O) groups is 2. The molecule has 1 aromatic carbocycles. The van der Waals surface area contributed by atoms with E-state index in [1.165, 1.54) is 29.6 Å². The molecule has 2 aliphatic heterocycles. The number of hydrogen-bond acceptors (Lipinski definition) is 7. The SMILES string of the molecule is CCN(CC)S(=O)(=O)c1ccc(OC)c(NC(=O)[C@@H]2CS[C@]3(c4cccs4)CCC(=O)N23)c1. The van der Waals surface area contributed by atoms with E-state index in [-0.39, 0.29) is 22.4 Å². The number of benzene rings is 1. The molecule has 2 aromatic rings. The summed E-state index contributed by atoms with van der Waals surface area (Å²) in [5.74, 6) is 0.421. The summed E-state index contributed by atoms with van der Waals surface area (Å²) in [6, 6.07) is 7.74. The molecule has 2 amide bonds. The summed E-state index contributed by atoms with van der Waals surface area (Å²) in [4.78, 5) is 28.5. The van der Waals surface area contributed by atoms with Gasteiger partial charge in [-0.1, -0.05) is 19.9 Å². The van der Waals surface area contributed by atoms with Crippen molar-refractivity contribution in [3.63, 3.8) is 0 Å². The van der Waals surface area contributed by atoms with Crippen molar-refractivity contribution >= 4 is 50.6 Å². The molecule has 2 aliphatic rings. The second kappa shape index (κ2) is 9.28. The number of thiophene rings is 1. The van der Waals surface area contributed by atoms with Crippen LogP contribution in [0.1, 0.15) is 31.6 Å². The van der Waals surface area contributed by atoms with Crippen LogP contribution >= 0.6 is 23.1 Å². The average molecular weight is 510 g/mol. The third kappa shape index (κ3) is 4.05. The molecule has 3 heterocycles. The van der Waals surface area contributed by atoms with Gasteiger partial charge in [-0.2, -0.15) is 4.31 Å². The van der Waals surface area contributed by atoms with Crippen molar-refractivity contribution in [2.75, 3.05) is 31.3 Å². The van der Waals surface area contributed by atoms with E-state index in [0.29, 0.717) is 37.4 Å². The van der Waals surface area contributed by atoms with Crippen LogP contribution in [-0.2, 0) is 24.5 Å². The largest absolute Gasteiger partial charge is 0.495 e. The Morgan fingerprint density at radius 1 is 1.30 bits per heavy atom. The molecule has 1 aromatic heterocycles. The molecule has 0 saturated carbocycles. The van der Waals surface area contributed by atoms with E-state index in [1.807, 2.05) is 17.5 Å². The van der Waals surface area contributed by atoms with Gasteiger partial charge in [0.1, 0.15) is 16.7 Å². The van der Waals surface area contributed by atoms with Gasteiger partial charge in [0.15, 0.2) is 0 Å². The zero-order chi connectivity index (χ0) is 23.8. The van der Waals surface area contributed by atoms with E-state index < -0.39 is 20.9 Å². The number of amides is 2. The predicted octanol–water partition coefficient (Wildman–Crippen LogP) is 3.32. The van der Waals surface area contributed by atoms with Crippen molar-refractivity contribution in [1.82, 2.24) is 9.21 Å². The van der Waals surface area contributed by atoms with Crippen LogP contribution in [0.25, 0.3) is 0 Å². The molecule has 0 spiro atoms. The highest BCUT2D eigenvalue weighted by Gasteiger charge is 2.57. The zero-order valence-electron chi connectivity index (χ0n) is 18.7. The normalized spacial score (nSPS) is 22.6. The maximum Gasteiger partial charge on any atom is 0.248 e. The number of fused-ring (bicyclic) bond motifs is 1. The first kappa shape index (κ1) is 24.1. The lowest BCUT2D eigenvalue weighted by atomic mass is 10.1. The van der Waals surface area contributed by atoms with E-state index in [1.54, 1.807) is 41.8 Å². The second-order valence-electron chi connectivity index (χ2n) is 7.79. The number of hydrogen-bond donors (Lipinski definition) is 1. The van der Waals surface area contributed by atoms with Crippen LogP contribution in [0.15, 0.2) is 40.6 Å². The summed E-state index contributed by atoms with van der Waals surface area (Å²) in [5.41, 5.74) is 0.265. The first-order valence-corrected chi connectivity index (χ1v) is 14.1. The third-order valence-electron chi connectivity index (χ3n) is 6.11. The van der Waals surface area contributed by atoms with Gasteiger partial charge in [-0.25, -0.2) is 8.42 Å². The first-order valence-electron chi connectivity index (χ1n) is 10.8. The van der Waals surface area contributed by atoms with Gasteiger partial charge >= 0.3 is 0 Å². The van der Waals surface area contributed by atoms with Crippen molar-refractivity contribution in [2.45, 2.75) is 42.5 Å². The number of nitrogens with zero attached hydrogens (tertiary/aromatic N) is 2. The smallest absolute Gasteiger partial charge is 0.248 e. The highest BCUT2D eigenvalue weighted by molar-refractivity contribution is 8.00. The van der Waals surface area contributed by atoms with E-state index in [4.69, 9.17) is 4.74 Å². The molecule has 4 rings (SSSR count). The fourth-order valence-corrected chi connectivity index (χ4v) is 8.67. The fourth-order valence-electron chi connectivity index (χ4n) is 4.46. The number of ether oxygens (including phenoxy) is 1. The lowest BCUT2D eigenvalue weighted by Gasteiger charge is -2.32. The van der Waals surface area contributed by atoms with Crippen molar-refractivity contribution in [1.29, 1.82) is 0 Å². The van der Waals surface area contributed by atoms with Crippen LogP contribution in [0.3, 0.4) is 0 Å². The maximum absolute atomic E-state index is 13.4. The second-order valence-corrected chi connectivity index (χ2v) is 12.0. The Morgan fingerprint density at radius 2 is 2.06 bits per heavy atom. The first-order chi connectivity index (χ1) is 15.8. The number of thioether (sulfide) groups is 1. The fraction of sp³-hybridized carbons (Fsp3) is 0.455. The molecule has 11 heteroatoms. The Kier molecular flexibility index (Phi) is 6.77. The summed E-state index contributed by atoms with van der Waals surface area (Å²) < 4.78 is 32.7. The van der Waals surface area contributed by atoms with Crippen LogP contribution in [0.5, 0.6) is 5.75 Å². The summed E-state index contributed by atoms with van der Waals surface area (Å²) in [7, 11) is -2.25. The average Bonchev–Trinajstić information content (AvgIpc) is 3.52. The monoisotopic (exact) mass is 509 g/mol. The van der Waals surface area contributed by atoms with Gasteiger partial charge in [-0.05, 0) is 36.1 Å². The molecule has 178 valence electrons. The van der Waals surface area contributed by atoms with Crippen LogP contribution in [0, 0.1) is 0 Å². The zero-order valence-corrected chi connectivity index (χ0v) is 21.2. The Hall–Kier alpha value is -2.08. The number of nitrogens with one attached hydrogen (secondary N) is 1. The van der Waals surface area contributed by atoms with Gasteiger partial charge in [0.05, 0.1) is 17.7 Å². The van der Waals surface area contributed by atoms with E-state index in [2.05, 4.69) is 5.32 Å². The molecule has 2 saturated heterocycles. The van der Waals surface area contributed by atoms with Gasteiger partial charge in [0, 0.05) is 30.1 Å². The summed E-state index contributed by atoms with van der Waals surface area (Å²) in [6.07, 6.45) is 1.07. The van der Waals surface area contributed by atoms with Crippen molar-refractivity contribution < 1.29 is 22.7 Å². The van der Waals surface area contributed by atoms with E-state index in [9.17, 15) is 18.0 Å². The van der Waals surface area contributed by atoms with Crippen LogP contribution in [-0.4, -0.2) is 61.4 Å². The molecule has 2 fully saturated rings. The molecule has 8 nitrogen and oxygen atoms in total. The summed E-state index contributed by atoms with van der Waals surface area (Å²) >= 11 is 3.20. The van der Waals surface area contributed by atoms with Crippen molar-refractivity contribution in [3.05, 3.63) is 40.6 Å². The predicted molar refractivity (Wildman–Crippen MR) is 130 cm³/mol. The van der Waals surface area contributed by atoms with Crippen LogP contribution in [0.4, 0.5) is 5.69 Å². The third-order valence-corrected chi connectivity index (χ3v) is 10.9. The highest BCUT2D eigenvalue weighted by atomic mass is 32.2. The molecule has 33 heavy (non-hydrogen) atoms. The minimum absolute atomic E-state index is 0.0432. The summed E-state index contributed by atoms with van der Waals surface area (Å²) in [6.45, 7) is 4.23. The topological polar surface area (TPSA) is 96.0 Å². The number of carbonyl (C=O) groups excluding carboxylic acids is 2. The minimum atomic E-state index is -3.71.